The van der Waals surface area contributed by atoms with Gasteiger partial charge in [0, 0.05) is 6.42 Å². The van der Waals surface area contributed by atoms with Crippen molar-refractivity contribution in [3.63, 3.8) is 0 Å². The molecule has 0 heterocycles. The second-order valence-electron chi connectivity index (χ2n) is 4.57. The van der Waals surface area contributed by atoms with Gasteiger partial charge in [-0.3, -0.25) is 4.52 Å². The van der Waals surface area contributed by atoms with Crippen molar-refractivity contribution in [2.24, 2.45) is 0 Å². The fourth-order valence-corrected chi connectivity index (χ4v) is 1.58. The first-order chi connectivity index (χ1) is 11.0. The Morgan fingerprint density at radius 3 is 1.33 bits per heavy atom. The number of alkyl halides is 13. The summed E-state index contributed by atoms with van der Waals surface area (Å²) < 4.78 is 178. The summed E-state index contributed by atoms with van der Waals surface area (Å²) in [6.45, 7) is -2.16. The molecule has 0 spiro atoms. The van der Waals surface area contributed by atoms with Crippen LogP contribution in [0.15, 0.2) is 0 Å². The molecule has 0 aromatic carbocycles. The van der Waals surface area contributed by atoms with Crippen molar-refractivity contribution in [2.75, 3.05) is 6.61 Å². The predicted octanol–water partition coefficient (Wildman–Crippen LogP) is 1.34. The molecular formula is C8H7F13NaO4P. The van der Waals surface area contributed by atoms with E-state index in [1.54, 1.807) is 0 Å². The molecule has 0 aromatic heterocycles. The van der Waals surface area contributed by atoms with Crippen LogP contribution >= 0.6 is 7.82 Å². The summed E-state index contributed by atoms with van der Waals surface area (Å²) in [6.07, 6.45) is -10.3. The molecule has 0 rings (SSSR count). The second kappa shape index (κ2) is 8.14. The molecule has 0 aliphatic carbocycles. The van der Waals surface area contributed by atoms with Crippen molar-refractivity contribution >= 4 is 7.82 Å². The molecule has 0 saturated carbocycles. The fraction of sp³-hybridized carbons (Fsp3) is 1.00. The number of hydrogen-bond acceptors (Lipinski definition) is 2. The summed E-state index contributed by atoms with van der Waals surface area (Å²) in [5.41, 5.74) is 0. The Balaban J connectivity index is -0.00000312. The van der Waals surface area contributed by atoms with Gasteiger partial charge in [0.05, 0.1) is 6.61 Å². The van der Waals surface area contributed by atoms with Gasteiger partial charge in [0.15, 0.2) is 0 Å². The Bertz CT molecular complexity index is 563. The molecule has 27 heavy (non-hydrogen) atoms. The van der Waals surface area contributed by atoms with E-state index in [4.69, 9.17) is 9.79 Å². The van der Waals surface area contributed by atoms with Crippen molar-refractivity contribution < 1.29 is 107 Å². The van der Waals surface area contributed by atoms with Gasteiger partial charge in [-0.05, 0) is 0 Å². The Kier molecular flexibility index (Phi) is 8.87. The summed E-state index contributed by atoms with van der Waals surface area (Å²) in [7, 11) is -5.61. The summed E-state index contributed by atoms with van der Waals surface area (Å²) in [4.78, 5) is 16.1. The molecule has 19 heteroatoms. The van der Waals surface area contributed by atoms with E-state index in [0.29, 0.717) is 0 Å². The molecule has 160 valence electrons. The van der Waals surface area contributed by atoms with E-state index in [-0.39, 0.29) is 31.0 Å². The largest absolute Gasteiger partial charge is 1.00 e. The van der Waals surface area contributed by atoms with Crippen molar-refractivity contribution in [3.05, 3.63) is 0 Å². The van der Waals surface area contributed by atoms with Crippen molar-refractivity contribution in [1.29, 1.82) is 0 Å². The third-order valence-electron chi connectivity index (χ3n) is 2.67. The molecule has 0 bridgehead atoms. The molecule has 0 aliphatic rings. The molecule has 0 radical (unpaired) electrons. The van der Waals surface area contributed by atoms with Crippen LogP contribution in [0, 0.1) is 0 Å². The minimum absolute atomic E-state index is 0. The quantitative estimate of drug-likeness (QED) is 0.321. The SMILES string of the molecule is O=P(O)(O)OCCC(F)(F)C(F)(F)C(F)(F)C(F)(F)C(F)(F)C(F)(F)F.[H-].[Na+]. The molecule has 0 fully saturated rings. The van der Waals surface area contributed by atoms with Gasteiger partial charge in [-0.2, -0.15) is 57.1 Å². The van der Waals surface area contributed by atoms with E-state index in [9.17, 15) is 61.6 Å². The molecule has 0 atom stereocenters. The average molecular weight is 468 g/mol. The Morgan fingerprint density at radius 1 is 0.704 bits per heavy atom. The van der Waals surface area contributed by atoms with Crippen LogP contribution in [0.2, 0.25) is 0 Å². The van der Waals surface area contributed by atoms with Gasteiger partial charge in [-0.25, -0.2) is 4.57 Å². The predicted molar refractivity (Wildman–Crippen MR) is 54.5 cm³/mol. The van der Waals surface area contributed by atoms with E-state index in [0.717, 1.165) is 0 Å². The third-order valence-corrected chi connectivity index (χ3v) is 3.19. The first-order valence-electron chi connectivity index (χ1n) is 5.61. The van der Waals surface area contributed by atoms with Crippen LogP contribution in [0.1, 0.15) is 7.85 Å². The number of hydrogen-bond donors (Lipinski definition) is 2. The van der Waals surface area contributed by atoms with E-state index in [1.165, 1.54) is 0 Å². The van der Waals surface area contributed by atoms with Crippen LogP contribution in [0.5, 0.6) is 0 Å². The van der Waals surface area contributed by atoms with E-state index < -0.39 is 56.6 Å². The van der Waals surface area contributed by atoms with Crippen molar-refractivity contribution in [2.45, 2.75) is 42.2 Å². The minimum Gasteiger partial charge on any atom is -1.00 e. The minimum atomic E-state index is -8.02. The fourth-order valence-electron chi connectivity index (χ4n) is 1.25. The third kappa shape index (κ3) is 5.42. The average Bonchev–Trinajstić information content (AvgIpc) is 2.34. The Hall–Kier alpha value is 0.200. The topological polar surface area (TPSA) is 66.8 Å². The maximum atomic E-state index is 13.1. The first kappa shape index (κ1) is 29.4. The number of phosphoric ester groups is 1. The van der Waals surface area contributed by atoms with Crippen LogP contribution in [0.3, 0.4) is 0 Å². The zero-order valence-electron chi connectivity index (χ0n) is 13.5. The molecule has 0 saturated heterocycles. The summed E-state index contributed by atoms with van der Waals surface area (Å²) in [5, 5.41) is 0. The van der Waals surface area contributed by atoms with Gasteiger partial charge < -0.3 is 11.2 Å². The van der Waals surface area contributed by atoms with Gasteiger partial charge in [-0.15, -0.1) is 0 Å². The second-order valence-corrected chi connectivity index (χ2v) is 5.81. The zero-order valence-corrected chi connectivity index (χ0v) is 15.4. The molecular weight excluding hydrogens is 461 g/mol. The van der Waals surface area contributed by atoms with Crippen molar-refractivity contribution in [3.8, 4) is 0 Å². The van der Waals surface area contributed by atoms with Gasteiger partial charge in [0.1, 0.15) is 0 Å². The van der Waals surface area contributed by atoms with Gasteiger partial charge in [0.2, 0.25) is 0 Å². The maximum Gasteiger partial charge on any atom is 1.00 e. The molecule has 0 unspecified atom stereocenters. The molecule has 4 nitrogen and oxygen atoms in total. The van der Waals surface area contributed by atoms with Crippen molar-refractivity contribution in [1.82, 2.24) is 0 Å². The van der Waals surface area contributed by atoms with E-state index >= 15 is 0 Å². The molecule has 2 N–H and O–H groups in total. The molecule has 0 aliphatic heterocycles. The van der Waals surface area contributed by atoms with Gasteiger partial charge in [-0.1, -0.05) is 0 Å². The molecule has 0 aromatic rings. The van der Waals surface area contributed by atoms with E-state index in [1.807, 2.05) is 0 Å². The summed E-state index contributed by atoms with van der Waals surface area (Å²) in [5.74, 6) is -37.7. The van der Waals surface area contributed by atoms with Gasteiger partial charge >= 0.3 is 73.2 Å². The molecule has 0 amide bonds. The van der Waals surface area contributed by atoms with Crippen LogP contribution in [-0.4, -0.2) is 52.2 Å². The first-order valence-corrected chi connectivity index (χ1v) is 7.14. The number of phosphoric acid groups is 1. The summed E-state index contributed by atoms with van der Waals surface area (Å²) in [6, 6.07) is 0. The Labute approximate surface area is 164 Å². The number of rotatable bonds is 8. The van der Waals surface area contributed by atoms with Crippen LogP contribution < -0.4 is 29.6 Å². The Morgan fingerprint density at radius 2 is 1.04 bits per heavy atom. The van der Waals surface area contributed by atoms with Crippen LogP contribution in [0.4, 0.5) is 57.1 Å². The summed E-state index contributed by atoms with van der Waals surface area (Å²) >= 11 is 0. The van der Waals surface area contributed by atoms with Crippen LogP contribution in [-0.2, 0) is 9.09 Å². The van der Waals surface area contributed by atoms with E-state index in [2.05, 4.69) is 4.52 Å². The normalized spacial score (nSPS) is 15.5. The zero-order chi connectivity index (χ0) is 21.6. The van der Waals surface area contributed by atoms with Gasteiger partial charge in [0.25, 0.3) is 0 Å². The van der Waals surface area contributed by atoms with Crippen LogP contribution in [0.25, 0.3) is 0 Å². The smallest absolute Gasteiger partial charge is 1.00 e. The monoisotopic (exact) mass is 468 g/mol. The number of halogens is 13. The standard InChI is InChI=1S/C8H6F13O4P.Na.H/c9-3(10,1-2-25-26(22,23)24)4(11,12)5(13,14)6(15,16)7(17,18)8(19,20)21;;/h1-2H2,(H2,22,23,24);;/q;+1;-1. The maximum absolute atomic E-state index is 13.1.